The number of hydrogen-bond donors (Lipinski definition) is 1. The molecule has 0 atom stereocenters. The lowest BCUT2D eigenvalue weighted by Crippen LogP contribution is -2.51. The second kappa shape index (κ2) is 6.72. The summed E-state index contributed by atoms with van der Waals surface area (Å²) in [6.07, 6.45) is 5.83. The summed E-state index contributed by atoms with van der Waals surface area (Å²) in [6, 6.07) is 1.54. The summed E-state index contributed by atoms with van der Waals surface area (Å²) < 4.78 is 0. The smallest absolute Gasteiger partial charge is 0.0113 e. The average Bonchev–Trinajstić information content (AvgIpc) is 2.83. The first-order valence-electron chi connectivity index (χ1n) is 7.45. The van der Waals surface area contributed by atoms with Crippen LogP contribution < -0.4 is 5.32 Å². The first-order valence-corrected chi connectivity index (χ1v) is 7.45. The molecule has 0 aromatic rings. The maximum atomic E-state index is 3.50. The second-order valence-corrected chi connectivity index (χ2v) is 5.92. The van der Waals surface area contributed by atoms with Crippen LogP contribution in [0.25, 0.3) is 0 Å². The molecule has 2 rings (SSSR count). The molecule has 0 amide bonds. The molecular formula is C14H29N3. The Bertz CT molecular complexity index is 204. The fraction of sp³-hybridized carbons (Fsp3) is 1.00. The van der Waals surface area contributed by atoms with E-state index in [9.17, 15) is 0 Å². The zero-order valence-corrected chi connectivity index (χ0v) is 11.6. The Hall–Kier alpha value is -0.120. The molecule has 2 fully saturated rings. The monoisotopic (exact) mass is 239 g/mol. The Morgan fingerprint density at radius 1 is 1.06 bits per heavy atom. The van der Waals surface area contributed by atoms with Gasteiger partial charge < -0.3 is 5.32 Å². The largest absolute Gasteiger partial charge is 0.313 e. The van der Waals surface area contributed by atoms with Gasteiger partial charge in [0.15, 0.2) is 0 Å². The van der Waals surface area contributed by atoms with E-state index in [0.717, 1.165) is 12.6 Å². The van der Waals surface area contributed by atoms with Gasteiger partial charge in [0.1, 0.15) is 0 Å². The zero-order valence-electron chi connectivity index (χ0n) is 11.6. The van der Waals surface area contributed by atoms with Crippen molar-refractivity contribution in [2.75, 3.05) is 39.3 Å². The van der Waals surface area contributed by atoms with Crippen molar-refractivity contribution < 1.29 is 0 Å². The molecule has 1 heterocycles. The van der Waals surface area contributed by atoms with Gasteiger partial charge >= 0.3 is 0 Å². The fourth-order valence-corrected chi connectivity index (χ4v) is 3.13. The minimum Gasteiger partial charge on any atom is -0.313 e. The van der Waals surface area contributed by atoms with Crippen LogP contribution in [0.15, 0.2) is 0 Å². The Balaban J connectivity index is 1.60. The highest BCUT2D eigenvalue weighted by molar-refractivity contribution is 4.82. The Labute approximate surface area is 107 Å². The highest BCUT2D eigenvalue weighted by atomic mass is 15.3. The molecule has 0 radical (unpaired) electrons. The van der Waals surface area contributed by atoms with E-state index in [1.165, 1.54) is 58.4 Å². The number of piperazine rings is 1. The minimum absolute atomic E-state index is 0.620. The molecule has 3 heteroatoms. The molecule has 0 bridgehead atoms. The van der Waals surface area contributed by atoms with Crippen LogP contribution >= 0.6 is 0 Å². The summed E-state index contributed by atoms with van der Waals surface area (Å²) in [4.78, 5) is 5.35. The van der Waals surface area contributed by atoms with E-state index in [4.69, 9.17) is 0 Å². The van der Waals surface area contributed by atoms with Crippen LogP contribution in [0.3, 0.4) is 0 Å². The van der Waals surface area contributed by atoms with Gasteiger partial charge in [0.25, 0.3) is 0 Å². The van der Waals surface area contributed by atoms with Crippen molar-refractivity contribution in [2.24, 2.45) is 0 Å². The van der Waals surface area contributed by atoms with Crippen LogP contribution in [-0.4, -0.2) is 61.2 Å². The summed E-state index contributed by atoms with van der Waals surface area (Å²) in [5, 5.41) is 3.50. The van der Waals surface area contributed by atoms with Crippen molar-refractivity contribution in [1.82, 2.24) is 15.1 Å². The third-order valence-electron chi connectivity index (χ3n) is 4.23. The molecule has 0 spiro atoms. The average molecular weight is 239 g/mol. The number of rotatable bonds is 5. The topological polar surface area (TPSA) is 18.5 Å². The van der Waals surface area contributed by atoms with E-state index in [1.807, 2.05) is 0 Å². The van der Waals surface area contributed by atoms with Crippen LogP contribution in [0.1, 0.15) is 39.5 Å². The molecule has 2 aliphatic rings. The van der Waals surface area contributed by atoms with Crippen LogP contribution in [0, 0.1) is 0 Å². The predicted molar refractivity (Wildman–Crippen MR) is 73.4 cm³/mol. The lowest BCUT2D eigenvalue weighted by atomic mass is 10.2. The first-order chi connectivity index (χ1) is 8.25. The maximum Gasteiger partial charge on any atom is 0.0113 e. The minimum atomic E-state index is 0.620. The van der Waals surface area contributed by atoms with Crippen molar-refractivity contribution in [1.29, 1.82) is 0 Å². The molecule has 1 saturated carbocycles. The molecule has 1 saturated heterocycles. The Kier molecular flexibility index (Phi) is 5.26. The van der Waals surface area contributed by atoms with Crippen molar-refractivity contribution in [2.45, 2.75) is 51.6 Å². The van der Waals surface area contributed by atoms with Gasteiger partial charge in [-0.3, -0.25) is 9.80 Å². The van der Waals surface area contributed by atoms with Gasteiger partial charge in [-0.2, -0.15) is 0 Å². The fourth-order valence-electron chi connectivity index (χ4n) is 3.13. The van der Waals surface area contributed by atoms with Crippen LogP contribution in [0.5, 0.6) is 0 Å². The van der Waals surface area contributed by atoms with Crippen molar-refractivity contribution in [3.8, 4) is 0 Å². The molecule has 0 aromatic heterocycles. The van der Waals surface area contributed by atoms with E-state index in [0.29, 0.717) is 6.04 Å². The Morgan fingerprint density at radius 2 is 1.71 bits per heavy atom. The summed E-state index contributed by atoms with van der Waals surface area (Å²) in [5.41, 5.74) is 0. The van der Waals surface area contributed by atoms with Gasteiger partial charge in [-0.15, -0.1) is 0 Å². The van der Waals surface area contributed by atoms with E-state index in [1.54, 1.807) is 0 Å². The third kappa shape index (κ3) is 4.23. The quantitative estimate of drug-likeness (QED) is 0.785. The molecule has 3 nitrogen and oxygen atoms in total. The highest BCUT2D eigenvalue weighted by Crippen LogP contribution is 2.24. The zero-order chi connectivity index (χ0) is 12.1. The van der Waals surface area contributed by atoms with Gasteiger partial charge in [-0.05, 0) is 12.8 Å². The molecule has 0 unspecified atom stereocenters. The molecule has 1 aliphatic heterocycles. The molecule has 1 N–H and O–H groups in total. The standard InChI is InChI=1S/C14H29N3/c1-13(2)15-7-8-16-9-11-17(12-10-16)14-5-3-4-6-14/h13-15H,3-12H2,1-2H3. The maximum absolute atomic E-state index is 3.50. The van der Waals surface area contributed by atoms with Crippen molar-refractivity contribution in [3.63, 3.8) is 0 Å². The van der Waals surface area contributed by atoms with Crippen LogP contribution in [0.4, 0.5) is 0 Å². The second-order valence-electron chi connectivity index (χ2n) is 5.92. The molecule has 0 aromatic carbocycles. The summed E-state index contributed by atoms with van der Waals surface area (Å²) in [7, 11) is 0. The van der Waals surface area contributed by atoms with Gasteiger partial charge in [-0.1, -0.05) is 26.7 Å². The summed E-state index contributed by atoms with van der Waals surface area (Å²) >= 11 is 0. The molecule has 1 aliphatic carbocycles. The van der Waals surface area contributed by atoms with E-state index < -0.39 is 0 Å². The van der Waals surface area contributed by atoms with Crippen LogP contribution in [0.2, 0.25) is 0 Å². The number of hydrogen-bond acceptors (Lipinski definition) is 3. The highest BCUT2D eigenvalue weighted by Gasteiger charge is 2.25. The van der Waals surface area contributed by atoms with Gasteiger partial charge in [0.2, 0.25) is 0 Å². The Morgan fingerprint density at radius 3 is 2.29 bits per heavy atom. The molecule has 17 heavy (non-hydrogen) atoms. The summed E-state index contributed by atoms with van der Waals surface area (Å²) in [6.45, 7) is 11.9. The van der Waals surface area contributed by atoms with Gasteiger partial charge in [0, 0.05) is 51.4 Å². The number of nitrogens with one attached hydrogen (secondary N) is 1. The summed E-state index contributed by atoms with van der Waals surface area (Å²) in [5.74, 6) is 0. The third-order valence-corrected chi connectivity index (χ3v) is 4.23. The van der Waals surface area contributed by atoms with Crippen molar-refractivity contribution >= 4 is 0 Å². The van der Waals surface area contributed by atoms with E-state index in [-0.39, 0.29) is 0 Å². The molecular weight excluding hydrogens is 210 g/mol. The van der Waals surface area contributed by atoms with Gasteiger partial charge in [0.05, 0.1) is 0 Å². The van der Waals surface area contributed by atoms with Gasteiger partial charge in [-0.25, -0.2) is 0 Å². The first kappa shape index (κ1) is 13.3. The van der Waals surface area contributed by atoms with E-state index in [2.05, 4.69) is 29.0 Å². The SMILES string of the molecule is CC(C)NCCN1CCN(C2CCCC2)CC1. The van der Waals surface area contributed by atoms with Crippen LogP contribution in [-0.2, 0) is 0 Å². The lowest BCUT2D eigenvalue weighted by molar-refractivity contribution is 0.0981. The lowest BCUT2D eigenvalue weighted by Gasteiger charge is -2.38. The van der Waals surface area contributed by atoms with E-state index >= 15 is 0 Å². The van der Waals surface area contributed by atoms with Crippen molar-refractivity contribution in [3.05, 3.63) is 0 Å². The predicted octanol–water partition coefficient (Wildman–Crippen LogP) is 1.54. The normalized spacial score (nSPS) is 24.9. The number of nitrogens with zero attached hydrogens (tertiary/aromatic N) is 2. The molecule has 100 valence electrons.